The van der Waals surface area contributed by atoms with E-state index in [9.17, 15) is 4.79 Å². The van der Waals surface area contributed by atoms with Crippen molar-refractivity contribution in [1.29, 1.82) is 0 Å². The number of pyridine rings is 1. The van der Waals surface area contributed by atoms with E-state index in [0.29, 0.717) is 12.2 Å². The molecule has 0 spiro atoms. The van der Waals surface area contributed by atoms with Gasteiger partial charge >= 0.3 is 5.97 Å². The van der Waals surface area contributed by atoms with Gasteiger partial charge in [-0.15, -0.1) is 0 Å². The van der Waals surface area contributed by atoms with E-state index in [-0.39, 0.29) is 5.56 Å². The first-order chi connectivity index (χ1) is 9.63. The smallest absolute Gasteiger partial charge is 0.339 e. The number of carbonyl (C=O) groups is 1. The van der Waals surface area contributed by atoms with Crippen LogP contribution >= 0.6 is 0 Å². The fourth-order valence-corrected chi connectivity index (χ4v) is 2.22. The first kappa shape index (κ1) is 12.3. The van der Waals surface area contributed by atoms with E-state index in [2.05, 4.69) is 10.1 Å². The average Bonchev–Trinajstić information content (AvgIpc) is 2.79. The average molecular weight is 267 g/mol. The lowest BCUT2D eigenvalue weighted by atomic mass is 10.1. The van der Waals surface area contributed by atoms with Gasteiger partial charge in [-0.25, -0.2) is 4.79 Å². The van der Waals surface area contributed by atoms with Crippen molar-refractivity contribution in [3.63, 3.8) is 0 Å². The number of carboxylic acid groups (broad SMARTS) is 1. The molecule has 5 nitrogen and oxygen atoms in total. The molecule has 0 saturated carbocycles. The summed E-state index contributed by atoms with van der Waals surface area (Å²) in [4.78, 5) is 15.3. The molecular weight excluding hydrogens is 254 g/mol. The van der Waals surface area contributed by atoms with Gasteiger partial charge in [0.05, 0.1) is 17.8 Å². The number of aromatic carboxylic acids is 1. The van der Waals surface area contributed by atoms with Crippen LogP contribution in [0, 0.1) is 6.92 Å². The van der Waals surface area contributed by atoms with Crippen LogP contribution in [0.4, 0.5) is 0 Å². The molecule has 20 heavy (non-hydrogen) atoms. The topological polar surface area (TPSA) is 68.0 Å². The van der Waals surface area contributed by atoms with Crippen molar-refractivity contribution < 1.29 is 9.90 Å². The molecule has 0 aliphatic heterocycles. The summed E-state index contributed by atoms with van der Waals surface area (Å²) in [6.45, 7) is 2.24. The summed E-state index contributed by atoms with van der Waals surface area (Å²) in [6, 6.07) is 9.88. The van der Waals surface area contributed by atoms with Gasteiger partial charge in [0.25, 0.3) is 0 Å². The molecule has 100 valence electrons. The van der Waals surface area contributed by atoms with Crippen molar-refractivity contribution in [2.45, 2.75) is 13.5 Å². The number of nitrogens with zero attached hydrogens (tertiary/aromatic N) is 3. The maximum atomic E-state index is 11.0. The summed E-state index contributed by atoms with van der Waals surface area (Å²) in [7, 11) is 0. The number of fused-ring (bicyclic) bond motifs is 1. The highest BCUT2D eigenvalue weighted by Gasteiger charge is 2.11. The molecule has 2 heterocycles. The van der Waals surface area contributed by atoms with Gasteiger partial charge in [-0.05, 0) is 30.7 Å². The molecule has 3 rings (SSSR count). The lowest BCUT2D eigenvalue weighted by Gasteiger charge is -2.03. The van der Waals surface area contributed by atoms with Gasteiger partial charge in [-0.1, -0.05) is 12.1 Å². The largest absolute Gasteiger partial charge is 0.478 e. The first-order valence-electron chi connectivity index (χ1n) is 6.24. The number of rotatable bonds is 3. The fraction of sp³-hybridized carbons (Fsp3) is 0.133. The third-order valence-corrected chi connectivity index (χ3v) is 3.19. The maximum absolute atomic E-state index is 11.0. The predicted molar refractivity (Wildman–Crippen MR) is 74.8 cm³/mol. The molecule has 0 bridgehead atoms. The summed E-state index contributed by atoms with van der Waals surface area (Å²) in [5.41, 5.74) is 2.77. The number of aromatic nitrogens is 3. The Morgan fingerprint density at radius 3 is 2.95 bits per heavy atom. The van der Waals surface area contributed by atoms with Gasteiger partial charge in [0.1, 0.15) is 5.56 Å². The second kappa shape index (κ2) is 4.77. The zero-order chi connectivity index (χ0) is 14.1. The van der Waals surface area contributed by atoms with Crippen molar-refractivity contribution in [3.8, 4) is 0 Å². The van der Waals surface area contributed by atoms with Crippen LogP contribution in [-0.2, 0) is 6.54 Å². The van der Waals surface area contributed by atoms with Crippen LogP contribution in [0.5, 0.6) is 0 Å². The number of hydrogen-bond donors (Lipinski definition) is 1. The lowest BCUT2D eigenvalue weighted by Crippen LogP contribution is -2.00. The molecule has 1 N–H and O–H groups in total. The zero-order valence-electron chi connectivity index (χ0n) is 10.9. The van der Waals surface area contributed by atoms with E-state index in [1.54, 1.807) is 24.0 Å². The van der Waals surface area contributed by atoms with Crippen LogP contribution in [0.15, 0.2) is 42.7 Å². The SMILES string of the molecule is Cc1nn(Cc2ccc3ncccc3c2)cc1C(=O)O. The number of hydrogen-bond acceptors (Lipinski definition) is 3. The van der Waals surface area contributed by atoms with E-state index in [4.69, 9.17) is 5.11 Å². The summed E-state index contributed by atoms with van der Waals surface area (Å²) >= 11 is 0. The summed E-state index contributed by atoms with van der Waals surface area (Å²) in [5, 5.41) is 14.3. The summed E-state index contributed by atoms with van der Waals surface area (Å²) in [6.07, 6.45) is 3.32. The number of carboxylic acids is 1. The van der Waals surface area contributed by atoms with E-state index in [1.807, 2.05) is 30.3 Å². The van der Waals surface area contributed by atoms with Crippen molar-refractivity contribution in [3.05, 3.63) is 59.5 Å². The molecule has 0 unspecified atom stereocenters. The van der Waals surface area contributed by atoms with E-state index in [0.717, 1.165) is 16.5 Å². The molecule has 0 saturated heterocycles. The molecule has 1 aromatic carbocycles. The van der Waals surface area contributed by atoms with Gasteiger partial charge in [-0.2, -0.15) is 5.10 Å². The quantitative estimate of drug-likeness (QED) is 0.791. The molecular formula is C15H13N3O2. The van der Waals surface area contributed by atoms with Gasteiger partial charge in [0, 0.05) is 17.8 Å². The standard InChI is InChI=1S/C15H13N3O2/c1-10-13(15(19)20)9-18(17-10)8-11-4-5-14-12(7-11)3-2-6-16-14/h2-7,9H,8H2,1H3,(H,19,20). The predicted octanol–water partition coefficient (Wildman–Crippen LogP) is 2.49. The Labute approximate surface area is 115 Å². The Morgan fingerprint density at radius 1 is 1.35 bits per heavy atom. The van der Waals surface area contributed by atoms with E-state index >= 15 is 0 Å². The monoisotopic (exact) mass is 267 g/mol. The maximum Gasteiger partial charge on any atom is 0.339 e. The van der Waals surface area contributed by atoms with Crippen LogP contribution in [0.2, 0.25) is 0 Å². The van der Waals surface area contributed by atoms with Crippen LogP contribution in [0.1, 0.15) is 21.6 Å². The van der Waals surface area contributed by atoms with Crippen LogP contribution in [-0.4, -0.2) is 25.8 Å². The lowest BCUT2D eigenvalue weighted by molar-refractivity contribution is 0.0696. The minimum Gasteiger partial charge on any atom is -0.478 e. The third-order valence-electron chi connectivity index (χ3n) is 3.19. The molecule has 0 aliphatic rings. The Balaban J connectivity index is 1.92. The molecule has 3 aromatic rings. The highest BCUT2D eigenvalue weighted by molar-refractivity contribution is 5.88. The van der Waals surface area contributed by atoms with Crippen LogP contribution in [0.3, 0.4) is 0 Å². The normalized spacial score (nSPS) is 10.8. The van der Waals surface area contributed by atoms with Gasteiger partial charge in [-0.3, -0.25) is 9.67 Å². The second-order valence-corrected chi connectivity index (χ2v) is 4.66. The molecule has 0 aliphatic carbocycles. The first-order valence-corrected chi connectivity index (χ1v) is 6.24. The van der Waals surface area contributed by atoms with Gasteiger partial charge in [0.2, 0.25) is 0 Å². The van der Waals surface area contributed by atoms with Gasteiger partial charge in [0.15, 0.2) is 0 Å². The summed E-state index contributed by atoms with van der Waals surface area (Å²) < 4.78 is 1.65. The molecule has 0 radical (unpaired) electrons. The minimum absolute atomic E-state index is 0.243. The third kappa shape index (κ3) is 2.25. The van der Waals surface area contributed by atoms with Crippen molar-refractivity contribution >= 4 is 16.9 Å². The second-order valence-electron chi connectivity index (χ2n) is 4.66. The molecule has 0 atom stereocenters. The molecule has 2 aromatic heterocycles. The van der Waals surface area contributed by atoms with Crippen molar-refractivity contribution in [2.75, 3.05) is 0 Å². The van der Waals surface area contributed by atoms with Crippen molar-refractivity contribution in [2.24, 2.45) is 0 Å². The van der Waals surface area contributed by atoms with E-state index in [1.165, 1.54) is 0 Å². The minimum atomic E-state index is -0.948. The summed E-state index contributed by atoms with van der Waals surface area (Å²) in [5.74, 6) is -0.948. The molecule has 0 fully saturated rings. The molecule has 5 heteroatoms. The van der Waals surface area contributed by atoms with E-state index < -0.39 is 5.97 Å². The Hall–Kier alpha value is -2.69. The fourth-order valence-electron chi connectivity index (χ4n) is 2.22. The Morgan fingerprint density at radius 2 is 2.20 bits per heavy atom. The molecule has 0 amide bonds. The Kier molecular flexibility index (Phi) is 2.95. The van der Waals surface area contributed by atoms with Crippen LogP contribution < -0.4 is 0 Å². The number of aryl methyl sites for hydroxylation is 1. The van der Waals surface area contributed by atoms with Gasteiger partial charge < -0.3 is 5.11 Å². The van der Waals surface area contributed by atoms with Crippen LogP contribution in [0.25, 0.3) is 10.9 Å². The zero-order valence-corrected chi connectivity index (χ0v) is 10.9. The number of benzene rings is 1. The van der Waals surface area contributed by atoms with Crippen molar-refractivity contribution in [1.82, 2.24) is 14.8 Å². The Bertz CT molecular complexity index is 793. The highest BCUT2D eigenvalue weighted by atomic mass is 16.4. The highest BCUT2D eigenvalue weighted by Crippen LogP contribution is 2.15.